The van der Waals surface area contributed by atoms with Crippen LogP contribution >= 0.6 is 7.82 Å². The van der Waals surface area contributed by atoms with Crippen LogP contribution in [0.25, 0.3) is 0 Å². The summed E-state index contributed by atoms with van der Waals surface area (Å²) in [6, 6.07) is 0. The molecule has 0 aliphatic rings. The van der Waals surface area contributed by atoms with E-state index in [-0.39, 0.29) is 48.9 Å². The van der Waals surface area contributed by atoms with Gasteiger partial charge in [-0.3, -0.25) is 0 Å². The Hall–Kier alpha value is 1.68. The van der Waals surface area contributed by atoms with Gasteiger partial charge in [-0.2, -0.15) is 11.8 Å². The molecule has 2 unspecified atom stereocenters. The molecule has 0 heterocycles. The molecule has 0 spiro atoms. The van der Waals surface area contributed by atoms with Crippen molar-refractivity contribution in [2.24, 2.45) is 11.8 Å². The van der Waals surface area contributed by atoms with E-state index in [9.17, 15) is 0 Å². The monoisotopic (exact) mass is 462 g/mol. The van der Waals surface area contributed by atoms with Gasteiger partial charge in [-0.25, -0.2) is 4.57 Å². The Kier molecular flexibility index (Phi) is 32.4. The van der Waals surface area contributed by atoms with Gasteiger partial charge in [-0.1, -0.05) is 79.1 Å². The Morgan fingerprint density at radius 3 is 1.18 bits per heavy atom. The van der Waals surface area contributed by atoms with Gasteiger partial charge in [0.05, 0.1) is 0 Å². The summed E-state index contributed by atoms with van der Waals surface area (Å²) in [6.07, 6.45) is 10.4. The molecule has 3 N–H and O–H groups in total. The summed E-state index contributed by atoms with van der Waals surface area (Å²) in [5.74, 6) is 1.41. The van der Waals surface area contributed by atoms with E-state index in [4.69, 9.17) is 19.2 Å². The van der Waals surface area contributed by atoms with Crippen molar-refractivity contribution in [3.05, 3.63) is 13.8 Å². The molecule has 0 saturated heterocycles. The quantitative estimate of drug-likeness (QED) is 0.276. The Bertz CT molecular complexity index is 212. The minimum atomic E-state index is -4.64. The zero-order valence-corrected chi connectivity index (χ0v) is 20.5. The second-order valence-corrected chi connectivity index (χ2v) is 6.37. The van der Waals surface area contributed by atoms with E-state index in [0.29, 0.717) is 11.8 Å². The van der Waals surface area contributed by atoms with Crippen LogP contribution in [0.4, 0.5) is 0 Å². The fourth-order valence-corrected chi connectivity index (χ4v) is 1.39. The number of hydrogen-bond donors (Lipinski definition) is 3. The molecule has 0 aliphatic heterocycles. The average molecular weight is 462 g/mol. The molecule has 0 aliphatic carbocycles. The van der Waals surface area contributed by atoms with Gasteiger partial charge < -0.3 is 28.5 Å². The zero-order valence-electron chi connectivity index (χ0n) is 15.1. The summed E-state index contributed by atoms with van der Waals surface area (Å²) in [6.45, 7) is 16.8. The van der Waals surface area contributed by atoms with Gasteiger partial charge >= 0.3 is 56.7 Å². The summed E-state index contributed by atoms with van der Waals surface area (Å²) >= 11 is 0. The number of unbranched alkanes of at least 4 members (excludes halogenated alkanes) is 2. The van der Waals surface area contributed by atoms with E-state index < -0.39 is 7.82 Å². The molecule has 2 atom stereocenters. The fourth-order valence-electron chi connectivity index (χ4n) is 1.39. The fraction of sp³-hybridized carbons (Fsp3) is 0.875. The van der Waals surface area contributed by atoms with E-state index in [1.165, 1.54) is 51.4 Å². The van der Waals surface area contributed by atoms with Crippen molar-refractivity contribution in [3.8, 4) is 0 Å². The molecule has 132 valence electrons. The zero-order chi connectivity index (χ0) is 17.3. The van der Waals surface area contributed by atoms with E-state index >= 15 is 0 Å². The molecule has 0 aromatic heterocycles. The van der Waals surface area contributed by atoms with Crippen LogP contribution in [0, 0.1) is 25.7 Å². The Morgan fingerprint density at radius 2 is 1.05 bits per heavy atom. The molecule has 0 fully saturated rings. The first-order valence-electron chi connectivity index (χ1n) is 8.06. The van der Waals surface area contributed by atoms with Crippen LogP contribution in [0.2, 0.25) is 0 Å². The maximum absolute atomic E-state index is 8.88. The van der Waals surface area contributed by atoms with Crippen molar-refractivity contribution in [1.29, 1.82) is 0 Å². The maximum atomic E-state index is 8.88. The minimum Gasteiger partial charge on any atom is -0.340 e. The third kappa shape index (κ3) is 49.5. The van der Waals surface area contributed by atoms with Crippen molar-refractivity contribution in [2.45, 2.75) is 79.1 Å². The molecule has 22 heavy (non-hydrogen) atoms. The molecule has 6 heteroatoms. The van der Waals surface area contributed by atoms with E-state index in [1.54, 1.807) is 0 Å². The largest absolute Gasteiger partial charge is 2.00 e. The Balaban J connectivity index is -0.000000111. The third-order valence-corrected chi connectivity index (χ3v) is 3.09. The second kappa shape index (κ2) is 22.7. The summed E-state index contributed by atoms with van der Waals surface area (Å²) in [7, 11) is -4.64. The first-order valence-corrected chi connectivity index (χ1v) is 9.63. The second-order valence-electron chi connectivity index (χ2n) is 5.35. The summed E-state index contributed by atoms with van der Waals surface area (Å²) in [5.41, 5.74) is 0. The SMILES string of the molecule is O=P(O)(O)O.[Ba+2].[CH2-]C(CC)CCCC.[CH2-]C(CC)CCCC. The number of rotatable bonds is 8. The van der Waals surface area contributed by atoms with Crippen LogP contribution in [-0.4, -0.2) is 63.6 Å². The van der Waals surface area contributed by atoms with Gasteiger partial charge in [-0.05, 0) is 0 Å². The van der Waals surface area contributed by atoms with Crippen molar-refractivity contribution in [2.75, 3.05) is 0 Å². The van der Waals surface area contributed by atoms with Crippen LogP contribution in [0.3, 0.4) is 0 Å². The Labute approximate surface area is 179 Å². The summed E-state index contributed by atoms with van der Waals surface area (Å²) in [4.78, 5) is 21.6. The van der Waals surface area contributed by atoms with Gasteiger partial charge in [0.25, 0.3) is 0 Å². The molecule has 0 aromatic carbocycles. The van der Waals surface area contributed by atoms with E-state index in [2.05, 4.69) is 41.5 Å². The molecule has 0 radical (unpaired) electrons. The first-order chi connectivity index (χ1) is 9.62. The van der Waals surface area contributed by atoms with E-state index in [0.717, 1.165) is 0 Å². The minimum absolute atomic E-state index is 0. The smallest absolute Gasteiger partial charge is 0.340 e. The van der Waals surface area contributed by atoms with Crippen molar-refractivity contribution >= 4 is 56.7 Å². The molecule has 0 aromatic rings. The molecule has 4 nitrogen and oxygen atoms in total. The van der Waals surface area contributed by atoms with Crippen LogP contribution in [0.1, 0.15) is 79.1 Å². The molecule has 0 bridgehead atoms. The third-order valence-electron chi connectivity index (χ3n) is 3.09. The number of hydrogen-bond acceptors (Lipinski definition) is 1. The summed E-state index contributed by atoms with van der Waals surface area (Å²) in [5, 5.41) is 0. The predicted octanol–water partition coefficient (Wildman–Crippen LogP) is 4.76. The summed E-state index contributed by atoms with van der Waals surface area (Å²) < 4.78 is 8.88. The average Bonchev–Trinajstić information content (AvgIpc) is 2.40. The number of phosphoric acid groups is 1. The van der Waals surface area contributed by atoms with Crippen LogP contribution in [0.15, 0.2) is 0 Å². The van der Waals surface area contributed by atoms with Crippen LogP contribution in [-0.2, 0) is 4.57 Å². The predicted molar refractivity (Wildman–Crippen MR) is 97.3 cm³/mol. The standard InChI is InChI=1S/2C8H17.Ba.H3O4P/c2*1-4-6-7-8(3)5-2;;1-5(2,3)4/h2*8H,3-7H2,1-2H3;;(H3,1,2,3,4)/q2*-1;+2;. The molecule has 0 amide bonds. The van der Waals surface area contributed by atoms with Crippen molar-refractivity contribution < 1.29 is 19.2 Å². The van der Waals surface area contributed by atoms with Gasteiger partial charge in [-0.15, -0.1) is 0 Å². The molecule has 0 rings (SSSR count). The normalized spacial score (nSPS) is 12.8. The van der Waals surface area contributed by atoms with Gasteiger partial charge in [0, 0.05) is 0 Å². The van der Waals surface area contributed by atoms with Gasteiger partial charge in [0.1, 0.15) is 0 Å². The molecule has 0 saturated carbocycles. The van der Waals surface area contributed by atoms with Crippen molar-refractivity contribution in [3.63, 3.8) is 0 Å². The van der Waals surface area contributed by atoms with E-state index in [1.807, 2.05) is 0 Å². The van der Waals surface area contributed by atoms with Crippen molar-refractivity contribution in [1.82, 2.24) is 0 Å². The van der Waals surface area contributed by atoms with Crippen LogP contribution < -0.4 is 0 Å². The van der Waals surface area contributed by atoms with Gasteiger partial charge in [0.2, 0.25) is 0 Å². The molecular formula is C16H37BaO4P. The topological polar surface area (TPSA) is 77.8 Å². The molecular weight excluding hydrogens is 424 g/mol. The van der Waals surface area contributed by atoms with Crippen LogP contribution in [0.5, 0.6) is 0 Å². The first kappa shape index (κ1) is 31.5. The Morgan fingerprint density at radius 1 is 0.818 bits per heavy atom. The van der Waals surface area contributed by atoms with Gasteiger partial charge in [0.15, 0.2) is 0 Å². The maximum Gasteiger partial charge on any atom is 2.00 e.